The van der Waals surface area contributed by atoms with E-state index in [9.17, 15) is 4.39 Å². The first-order valence-electron chi connectivity index (χ1n) is 7.07. The summed E-state index contributed by atoms with van der Waals surface area (Å²) in [5.41, 5.74) is 3.19. The first-order valence-corrected chi connectivity index (χ1v) is 7.83. The smallest absolute Gasteiger partial charge is 0.131 e. The van der Waals surface area contributed by atoms with Gasteiger partial charge in [-0.1, -0.05) is 29.3 Å². The average Bonchev–Trinajstić information content (AvgIpc) is 2.92. The highest BCUT2D eigenvalue weighted by atomic mass is 35.5. The van der Waals surface area contributed by atoms with Gasteiger partial charge in [0.2, 0.25) is 0 Å². The number of aromatic nitrogens is 2. The minimum Gasteiger partial charge on any atom is -0.389 e. The van der Waals surface area contributed by atoms with Crippen molar-refractivity contribution >= 4 is 28.8 Å². The molecule has 3 nitrogen and oxygen atoms in total. The fourth-order valence-corrected chi connectivity index (χ4v) is 3.29. The fourth-order valence-electron chi connectivity index (χ4n) is 2.82. The number of nitrogens with zero attached hydrogens (tertiary/aromatic N) is 2. The van der Waals surface area contributed by atoms with Crippen molar-refractivity contribution in [3.63, 3.8) is 0 Å². The van der Waals surface area contributed by atoms with E-state index in [1.165, 1.54) is 0 Å². The summed E-state index contributed by atoms with van der Waals surface area (Å²) in [5, 5.41) is 14.6. The van der Waals surface area contributed by atoms with E-state index in [1.807, 2.05) is 6.07 Å². The third kappa shape index (κ3) is 2.91. The third-order valence-electron chi connectivity index (χ3n) is 3.88. The van der Waals surface area contributed by atoms with Gasteiger partial charge < -0.3 is 5.11 Å². The number of aliphatic hydroxyl groups is 1. The van der Waals surface area contributed by atoms with Crippen LogP contribution in [-0.4, -0.2) is 21.5 Å². The van der Waals surface area contributed by atoms with Gasteiger partial charge in [-0.2, -0.15) is 5.10 Å². The zero-order valence-corrected chi connectivity index (χ0v) is 13.3. The Labute approximate surface area is 138 Å². The van der Waals surface area contributed by atoms with Crippen LogP contribution in [0.5, 0.6) is 0 Å². The standard InChI is InChI=1S/C16H15Cl2FN2O/c17-12-5-4-11(14(18)6-12)8-21-16-10(7-20-21)2-1-3-13(16)15(19)9-22/h4-7,22H,1-3,8-9H2/b15-13+. The first-order chi connectivity index (χ1) is 10.6. The lowest BCUT2D eigenvalue weighted by Gasteiger charge is -2.18. The van der Waals surface area contributed by atoms with Crippen LogP contribution in [0.3, 0.4) is 0 Å². The fraction of sp³-hybridized carbons (Fsp3) is 0.312. The van der Waals surface area contributed by atoms with Crippen LogP contribution in [0, 0.1) is 0 Å². The Kier molecular flexibility index (Phi) is 4.52. The molecule has 0 radical (unpaired) electrons. The van der Waals surface area contributed by atoms with Gasteiger partial charge in [-0.25, -0.2) is 4.39 Å². The topological polar surface area (TPSA) is 38.1 Å². The molecule has 0 fully saturated rings. The van der Waals surface area contributed by atoms with Crippen molar-refractivity contribution < 1.29 is 9.50 Å². The van der Waals surface area contributed by atoms with E-state index in [1.54, 1.807) is 23.0 Å². The van der Waals surface area contributed by atoms with Gasteiger partial charge in [-0.15, -0.1) is 0 Å². The van der Waals surface area contributed by atoms with Crippen molar-refractivity contribution in [2.45, 2.75) is 25.8 Å². The highest BCUT2D eigenvalue weighted by Crippen LogP contribution is 2.34. The maximum Gasteiger partial charge on any atom is 0.131 e. The van der Waals surface area contributed by atoms with Gasteiger partial charge in [-0.05, 0) is 42.5 Å². The summed E-state index contributed by atoms with van der Waals surface area (Å²) < 4.78 is 15.7. The number of aryl methyl sites for hydroxylation is 1. The molecule has 0 saturated carbocycles. The second-order valence-corrected chi connectivity index (χ2v) is 6.15. The lowest BCUT2D eigenvalue weighted by molar-refractivity contribution is 0.298. The second kappa shape index (κ2) is 6.41. The van der Waals surface area contributed by atoms with Crippen LogP contribution in [0.15, 0.2) is 30.2 Å². The molecule has 0 aliphatic heterocycles. The maximum absolute atomic E-state index is 14.0. The van der Waals surface area contributed by atoms with E-state index in [0.29, 0.717) is 28.6 Å². The molecule has 1 aliphatic rings. The van der Waals surface area contributed by atoms with E-state index in [-0.39, 0.29) is 0 Å². The Bertz CT molecular complexity index is 740. The van der Waals surface area contributed by atoms with E-state index < -0.39 is 12.4 Å². The van der Waals surface area contributed by atoms with Crippen LogP contribution < -0.4 is 0 Å². The number of allylic oxidation sites excluding steroid dienone is 1. The Hall–Kier alpha value is -1.36. The Morgan fingerprint density at radius 3 is 2.86 bits per heavy atom. The van der Waals surface area contributed by atoms with Crippen LogP contribution in [0.4, 0.5) is 4.39 Å². The molecule has 2 aromatic rings. The molecule has 1 N–H and O–H groups in total. The molecular formula is C16H15Cl2FN2O. The molecule has 22 heavy (non-hydrogen) atoms. The molecule has 1 aromatic carbocycles. The minimum absolute atomic E-state index is 0.438. The highest BCUT2D eigenvalue weighted by Gasteiger charge is 2.23. The molecule has 0 spiro atoms. The zero-order valence-electron chi connectivity index (χ0n) is 11.8. The molecule has 6 heteroatoms. The summed E-state index contributed by atoms with van der Waals surface area (Å²) in [6.45, 7) is -0.144. The molecule has 1 aromatic heterocycles. The van der Waals surface area contributed by atoms with Crippen LogP contribution >= 0.6 is 23.2 Å². The Morgan fingerprint density at radius 1 is 1.32 bits per heavy atom. The number of fused-ring (bicyclic) bond motifs is 1. The molecule has 1 heterocycles. The highest BCUT2D eigenvalue weighted by molar-refractivity contribution is 6.35. The average molecular weight is 341 g/mol. The Balaban J connectivity index is 2.01. The number of hydrogen-bond donors (Lipinski definition) is 1. The van der Waals surface area contributed by atoms with Gasteiger partial charge in [0.1, 0.15) is 5.83 Å². The van der Waals surface area contributed by atoms with E-state index in [4.69, 9.17) is 28.3 Å². The molecule has 0 saturated heterocycles. The quantitative estimate of drug-likeness (QED) is 0.906. The molecule has 0 amide bonds. The summed E-state index contributed by atoms with van der Waals surface area (Å²) in [7, 11) is 0. The van der Waals surface area contributed by atoms with Gasteiger partial charge in [0.15, 0.2) is 0 Å². The summed E-state index contributed by atoms with van der Waals surface area (Å²) in [5.74, 6) is -0.482. The van der Waals surface area contributed by atoms with Crippen molar-refractivity contribution in [3.8, 4) is 0 Å². The normalized spacial score (nSPS) is 16.5. The van der Waals surface area contributed by atoms with Gasteiger partial charge in [0, 0.05) is 15.6 Å². The van der Waals surface area contributed by atoms with Crippen LogP contribution in [0.1, 0.15) is 29.7 Å². The number of halogens is 3. The second-order valence-electron chi connectivity index (χ2n) is 5.31. The lowest BCUT2D eigenvalue weighted by atomic mass is 9.92. The number of aliphatic hydroxyl groups excluding tert-OH is 1. The minimum atomic E-state index is -0.582. The van der Waals surface area contributed by atoms with Gasteiger partial charge in [0.25, 0.3) is 0 Å². The van der Waals surface area contributed by atoms with Gasteiger partial charge in [-0.3, -0.25) is 4.68 Å². The number of hydrogen-bond acceptors (Lipinski definition) is 2. The number of benzene rings is 1. The molecule has 0 unspecified atom stereocenters. The van der Waals surface area contributed by atoms with Gasteiger partial charge in [0.05, 0.1) is 25.0 Å². The summed E-state index contributed by atoms with van der Waals surface area (Å²) in [6, 6.07) is 5.29. The molecule has 0 atom stereocenters. The van der Waals surface area contributed by atoms with E-state index in [2.05, 4.69) is 5.10 Å². The van der Waals surface area contributed by atoms with Crippen molar-refractivity contribution in [1.29, 1.82) is 0 Å². The molecule has 116 valence electrons. The largest absolute Gasteiger partial charge is 0.389 e. The van der Waals surface area contributed by atoms with Crippen LogP contribution in [0.2, 0.25) is 10.0 Å². The van der Waals surface area contributed by atoms with E-state index >= 15 is 0 Å². The van der Waals surface area contributed by atoms with Crippen LogP contribution in [-0.2, 0) is 13.0 Å². The lowest BCUT2D eigenvalue weighted by Crippen LogP contribution is -2.11. The molecular weight excluding hydrogens is 326 g/mol. The van der Waals surface area contributed by atoms with Crippen molar-refractivity contribution in [2.24, 2.45) is 0 Å². The molecule has 3 rings (SSSR count). The zero-order chi connectivity index (χ0) is 15.7. The number of rotatable bonds is 3. The predicted molar refractivity (Wildman–Crippen MR) is 85.8 cm³/mol. The first kappa shape index (κ1) is 15.5. The monoisotopic (exact) mass is 340 g/mol. The summed E-state index contributed by atoms with van der Waals surface area (Å²) in [6.07, 6.45) is 4.11. The SMILES string of the molecule is OC/C(F)=C1/CCCc2cnn(Cc3ccc(Cl)cc3Cl)c21. The summed E-state index contributed by atoms with van der Waals surface area (Å²) in [4.78, 5) is 0. The van der Waals surface area contributed by atoms with Crippen molar-refractivity contribution in [2.75, 3.05) is 6.61 Å². The van der Waals surface area contributed by atoms with E-state index in [0.717, 1.165) is 29.7 Å². The predicted octanol–water partition coefficient (Wildman–Crippen LogP) is 4.25. The molecule has 1 aliphatic carbocycles. The van der Waals surface area contributed by atoms with Gasteiger partial charge >= 0.3 is 0 Å². The van der Waals surface area contributed by atoms with Crippen molar-refractivity contribution in [1.82, 2.24) is 9.78 Å². The Morgan fingerprint density at radius 2 is 2.14 bits per heavy atom. The third-order valence-corrected chi connectivity index (χ3v) is 4.46. The summed E-state index contributed by atoms with van der Waals surface area (Å²) >= 11 is 12.1. The molecule has 0 bridgehead atoms. The van der Waals surface area contributed by atoms with Crippen LogP contribution in [0.25, 0.3) is 5.57 Å². The maximum atomic E-state index is 14.0. The van der Waals surface area contributed by atoms with Crippen molar-refractivity contribution in [3.05, 3.63) is 57.1 Å².